The number of hydrogen-bond donors (Lipinski definition) is 2. The van der Waals surface area contributed by atoms with Crippen LogP contribution in [0.4, 0.5) is 0 Å². The second-order valence-corrected chi connectivity index (χ2v) is 4.86. The lowest BCUT2D eigenvalue weighted by atomic mass is 9.90. The van der Waals surface area contributed by atoms with Gasteiger partial charge in [0.15, 0.2) is 11.5 Å². The fraction of sp³-hybridized carbons (Fsp3) is 0.571. The molecule has 1 unspecified atom stereocenters. The van der Waals surface area contributed by atoms with E-state index in [-0.39, 0.29) is 18.1 Å². The van der Waals surface area contributed by atoms with E-state index in [9.17, 15) is 5.11 Å². The van der Waals surface area contributed by atoms with Crippen LogP contribution in [-0.4, -0.2) is 33.0 Å². The van der Waals surface area contributed by atoms with Crippen LogP contribution in [0.1, 0.15) is 24.4 Å². The molecule has 0 radical (unpaired) electrons. The number of ether oxygens (including phenoxy) is 2. The minimum Gasteiger partial charge on any atom is -0.493 e. The van der Waals surface area contributed by atoms with E-state index in [2.05, 4.69) is 5.32 Å². The van der Waals surface area contributed by atoms with Crippen molar-refractivity contribution in [3.05, 3.63) is 23.8 Å². The molecule has 0 saturated heterocycles. The number of benzene rings is 1. The molecule has 4 heteroatoms. The van der Waals surface area contributed by atoms with Gasteiger partial charge in [0.05, 0.1) is 20.8 Å². The lowest BCUT2D eigenvalue weighted by Crippen LogP contribution is -2.29. The van der Waals surface area contributed by atoms with E-state index in [4.69, 9.17) is 9.47 Å². The lowest BCUT2D eigenvalue weighted by Gasteiger charge is -2.26. The summed E-state index contributed by atoms with van der Waals surface area (Å²) in [5.41, 5.74) is 1.12. The third-order valence-corrected chi connectivity index (χ3v) is 3.85. The zero-order valence-corrected chi connectivity index (χ0v) is 11.2. The quantitative estimate of drug-likeness (QED) is 0.808. The van der Waals surface area contributed by atoms with Gasteiger partial charge in [-0.2, -0.15) is 0 Å². The molecule has 0 aliphatic heterocycles. The molecular formula is C14H21NO3. The Labute approximate surface area is 108 Å². The Hall–Kier alpha value is -1.26. The Kier molecular flexibility index (Phi) is 3.78. The summed E-state index contributed by atoms with van der Waals surface area (Å²) in [5, 5.41) is 12.9. The fourth-order valence-electron chi connectivity index (χ4n) is 2.56. The number of aliphatic hydroxyl groups is 1. The van der Waals surface area contributed by atoms with Crippen LogP contribution in [0, 0.1) is 5.41 Å². The number of aliphatic hydroxyl groups excluding tert-OH is 1. The highest BCUT2D eigenvalue weighted by molar-refractivity contribution is 5.44. The van der Waals surface area contributed by atoms with E-state index >= 15 is 0 Å². The summed E-state index contributed by atoms with van der Waals surface area (Å²) in [6.07, 6.45) is 2.12. The van der Waals surface area contributed by atoms with Gasteiger partial charge in [-0.1, -0.05) is 6.07 Å². The van der Waals surface area contributed by atoms with Crippen LogP contribution >= 0.6 is 0 Å². The summed E-state index contributed by atoms with van der Waals surface area (Å²) in [7, 11) is 5.19. The fourth-order valence-corrected chi connectivity index (χ4v) is 2.56. The minimum absolute atomic E-state index is 0.00561. The first-order valence-electron chi connectivity index (χ1n) is 6.21. The Balaban J connectivity index is 2.32. The molecule has 0 bridgehead atoms. The van der Waals surface area contributed by atoms with Gasteiger partial charge in [-0.25, -0.2) is 0 Å². The van der Waals surface area contributed by atoms with Crippen LogP contribution in [0.2, 0.25) is 0 Å². The van der Waals surface area contributed by atoms with Crippen molar-refractivity contribution >= 4 is 0 Å². The molecule has 0 amide bonds. The number of methoxy groups -OCH3 is 2. The Bertz CT molecular complexity index is 416. The van der Waals surface area contributed by atoms with E-state index in [1.807, 2.05) is 25.2 Å². The van der Waals surface area contributed by atoms with Crippen LogP contribution in [0.15, 0.2) is 18.2 Å². The van der Waals surface area contributed by atoms with Crippen molar-refractivity contribution in [3.8, 4) is 11.5 Å². The van der Waals surface area contributed by atoms with E-state index < -0.39 is 0 Å². The molecule has 0 heterocycles. The molecule has 4 nitrogen and oxygen atoms in total. The molecule has 1 aliphatic carbocycles. The molecule has 0 aromatic heterocycles. The first-order chi connectivity index (χ1) is 8.70. The summed E-state index contributed by atoms with van der Waals surface area (Å²) in [6, 6.07) is 6.07. The largest absolute Gasteiger partial charge is 0.493 e. The van der Waals surface area contributed by atoms with Crippen molar-refractivity contribution in [3.63, 3.8) is 0 Å². The van der Waals surface area contributed by atoms with E-state index in [1.54, 1.807) is 14.2 Å². The maximum atomic E-state index is 9.55. The van der Waals surface area contributed by atoms with Gasteiger partial charge in [0.2, 0.25) is 0 Å². The van der Waals surface area contributed by atoms with Crippen molar-refractivity contribution in [2.24, 2.45) is 5.41 Å². The summed E-state index contributed by atoms with van der Waals surface area (Å²) < 4.78 is 10.6. The van der Waals surface area contributed by atoms with Crippen LogP contribution in [0.5, 0.6) is 11.5 Å². The average molecular weight is 251 g/mol. The Morgan fingerprint density at radius 3 is 2.39 bits per heavy atom. The first kappa shape index (κ1) is 13.2. The molecule has 1 aromatic carbocycles. The standard InChI is InChI=1S/C14H21NO3/c1-15-13(14(9-16)6-7-14)10-4-5-11(17-2)12(8-10)18-3/h4-5,8,13,15-16H,6-7,9H2,1-3H3. The summed E-state index contributed by atoms with van der Waals surface area (Å²) in [6.45, 7) is 0.215. The molecular weight excluding hydrogens is 230 g/mol. The topological polar surface area (TPSA) is 50.7 Å². The van der Waals surface area contributed by atoms with Crippen molar-refractivity contribution < 1.29 is 14.6 Å². The predicted octanol–water partition coefficient (Wildman–Crippen LogP) is 1.74. The SMILES string of the molecule is CNC(c1ccc(OC)c(OC)c1)C1(CO)CC1. The smallest absolute Gasteiger partial charge is 0.161 e. The number of nitrogens with one attached hydrogen (secondary N) is 1. The van der Waals surface area contributed by atoms with E-state index in [0.717, 1.165) is 29.9 Å². The summed E-state index contributed by atoms with van der Waals surface area (Å²) in [5.74, 6) is 1.45. The van der Waals surface area contributed by atoms with Gasteiger partial charge in [-0.15, -0.1) is 0 Å². The van der Waals surface area contributed by atoms with Crippen LogP contribution < -0.4 is 14.8 Å². The molecule has 2 N–H and O–H groups in total. The molecule has 1 atom stereocenters. The predicted molar refractivity (Wildman–Crippen MR) is 70.1 cm³/mol. The normalized spacial score (nSPS) is 18.2. The van der Waals surface area contributed by atoms with Gasteiger partial charge >= 0.3 is 0 Å². The second-order valence-electron chi connectivity index (χ2n) is 4.86. The van der Waals surface area contributed by atoms with Crippen molar-refractivity contribution in [2.45, 2.75) is 18.9 Å². The molecule has 1 fully saturated rings. The summed E-state index contributed by atoms with van der Waals surface area (Å²) in [4.78, 5) is 0. The minimum atomic E-state index is -0.00561. The van der Waals surface area contributed by atoms with Crippen LogP contribution in [0.3, 0.4) is 0 Å². The Morgan fingerprint density at radius 2 is 1.94 bits per heavy atom. The van der Waals surface area contributed by atoms with Gasteiger partial charge < -0.3 is 19.9 Å². The molecule has 1 aliphatic rings. The Morgan fingerprint density at radius 1 is 1.28 bits per heavy atom. The van der Waals surface area contributed by atoms with Gasteiger partial charge in [0, 0.05) is 11.5 Å². The third kappa shape index (κ3) is 2.18. The van der Waals surface area contributed by atoms with Crippen LogP contribution in [0.25, 0.3) is 0 Å². The monoisotopic (exact) mass is 251 g/mol. The van der Waals surface area contributed by atoms with E-state index in [1.165, 1.54) is 0 Å². The van der Waals surface area contributed by atoms with Crippen molar-refractivity contribution in [1.29, 1.82) is 0 Å². The highest BCUT2D eigenvalue weighted by atomic mass is 16.5. The average Bonchev–Trinajstić information content (AvgIpc) is 3.20. The maximum absolute atomic E-state index is 9.55. The van der Waals surface area contributed by atoms with Crippen molar-refractivity contribution in [1.82, 2.24) is 5.32 Å². The molecule has 2 rings (SSSR count). The molecule has 1 saturated carbocycles. The zero-order valence-electron chi connectivity index (χ0n) is 11.2. The highest BCUT2D eigenvalue weighted by Crippen LogP contribution is 2.54. The van der Waals surface area contributed by atoms with Gasteiger partial charge in [0.25, 0.3) is 0 Å². The first-order valence-corrected chi connectivity index (χ1v) is 6.21. The molecule has 1 aromatic rings. The number of hydrogen-bond acceptors (Lipinski definition) is 4. The molecule has 0 spiro atoms. The van der Waals surface area contributed by atoms with Gasteiger partial charge in [-0.3, -0.25) is 0 Å². The third-order valence-electron chi connectivity index (χ3n) is 3.85. The van der Waals surface area contributed by atoms with Gasteiger partial charge in [0.1, 0.15) is 0 Å². The van der Waals surface area contributed by atoms with Crippen LogP contribution in [-0.2, 0) is 0 Å². The number of rotatable bonds is 6. The van der Waals surface area contributed by atoms with Crippen molar-refractivity contribution in [2.75, 3.05) is 27.9 Å². The lowest BCUT2D eigenvalue weighted by molar-refractivity contribution is 0.175. The van der Waals surface area contributed by atoms with Gasteiger partial charge in [-0.05, 0) is 37.6 Å². The maximum Gasteiger partial charge on any atom is 0.161 e. The summed E-state index contributed by atoms with van der Waals surface area (Å²) >= 11 is 0. The van der Waals surface area contributed by atoms with E-state index in [0.29, 0.717) is 0 Å². The molecule has 100 valence electrons. The highest BCUT2D eigenvalue weighted by Gasteiger charge is 2.49. The molecule has 18 heavy (non-hydrogen) atoms. The second kappa shape index (κ2) is 5.16. The zero-order chi connectivity index (χ0) is 13.2.